The molecule has 0 amide bonds. The summed E-state index contributed by atoms with van der Waals surface area (Å²) in [6.45, 7) is 3.13. The minimum Gasteiger partial charge on any atom is -0.326 e. The van der Waals surface area contributed by atoms with Gasteiger partial charge in [-0.3, -0.25) is 9.11 Å². The topological polar surface area (TPSA) is 46.3 Å². The van der Waals surface area contributed by atoms with Crippen LogP contribution in [0.1, 0.15) is 11.1 Å². The molecule has 1 fully saturated rings. The third-order valence-electron chi connectivity index (χ3n) is 3.02. The van der Waals surface area contributed by atoms with Gasteiger partial charge in [-0.1, -0.05) is 23.7 Å². The lowest BCUT2D eigenvalue weighted by molar-refractivity contribution is 0.291. The SMILES string of the molecule is NCc1ccc(CN2CCS(=O)CC2)c(Cl)c1. The second kappa shape index (κ2) is 5.96. The third-order valence-corrected chi connectivity index (χ3v) is 4.65. The van der Waals surface area contributed by atoms with Gasteiger partial charge in [0.1, 0.15) is 0 Å². The molecule has 1 aromatic carbocycles. The molecule has 0 atom stereocenters. The third kappa shape index (κ3) is 3.52. The van der Waals surface area contributed by atoms with Crippen LogP contribution >= 0.6 is 11.6 Å². The first-order valence-corrected chi connectivity index (χ1v) is 7.60. The van der Waals surface area contributed by atoms with Gasteiger partial charge >= 0.3 is 0 Å². The predicted octanol–water partition coefficient (Wildman–Crippen LogP) is 1.36. The monoisotopic (exact) mass is 272 g/mol. The van der Waals surface area contributed by atoms with E-state index in [1.165, 1.54) is 0 Å². The van der Waals surface area contributed by atoms with E-state index in [1.54, 1.807) is 0 Å². The molecule has 1 saturated heterocycles. The molecule has 0 radical (unpaired) electrons. The molecular formula is C12H17ClN2OS. The summed E-state index contributed by atoms with van der Waals surface area (Å²) in [6, 6.07) is 5.98. The van der Waals surface area contributed by atoms with Gasteiger partial charge in [0.2, 0.25) is 0 Å². The van der Waals surface area contributed by atoms with Crippen LogP contribution in [0.5, 0.6) is 0 Å². The smallest absolute Gasteiger partial charge is 0.0454 e. The Hall–Kier alpha value is -0.420. The van der Waals surface area contributed by atoms with Gasteiger partial charge in [0.25, 0.3) is 0 Å². The minimum atomic E-state index is -0.621. The van der Waals surface area contributed by atoms with E-state index >= 15 is 0 Å². The first kappa shape index (κ1) is 13.0. The van der Waals surface area contributed by atoms with Gasteiger partial charge in [-0.15, -0.1) is 0 Å². The first-order valence-electron chi connectivity index (χ1n) is 5.74. The first-order chi connectivity index (χ1) is 8.19. The van der Waals surface area contributed by atoms with E-state index < -0.39 is 10.8 Å². The molecule has 0 spiro atoms. The molecule has 0 bridgehead atoms. The molecule has 3 nitrogen and oxygen atoms in total. The number of rotatable bonds is 3. The van der Waals surface area contributed by atoms with Crippen molar-refractivity contribution in [2.24, 2.45) is 5.73 Å². The van der Waals surface area contributed by atoms with Crippen molar-refractivity contribution in [1.29, 1.82) is 0 Å². The Morgan fingerprint density at radius 3 is 2.65 bits per heavy atom. The van der Waals surface area contributed by atoms with Gasteiger partial charge in [-0.05, 0) is 17.2 Å². The molecule has 0 saturated carbocycles. The number of hydrogen-bond acceptors (Lipinski definition) is 3. The average molecular weight is 273 g/mol. The van der Waals surface area contributed by atoms with Gasteiger partial charge in [-0.2, -0.15) is 0 Å². The summed E-state index contributed by atoms with van der Waals surface area (Å²) in [7, 11) is -0.621. The van der Waals surface area contributed by atoms with Gasteiger partial charge in [-0.25, -0.2) is 0 Å². The quantitative estimate of drug-likeness (QED) is 0.904. The number of halogens is 1. The summed E-state index contributed by atoms with van der Waals surface area (Å²) in [4.78, 5) is 2.30. The molecule has 0 aromatic heterocycles. The molecule has 2 rings (SSSR count). The van der Waals surface area contributed by atoms with Crippen molar-refractivity contribution in [1.82, 2.24) is 4.90 Å². The molecule has 0 unspecified atom stereocenters. The summed E-state index contributed by atoms with van der Waals surface area (Å²) in [5.74, 6) is 1.55. The fourth-order valence-electron chi connectivity index (χ4n) is 1.92. The summed E-state index contributed by atoms with van der Waals surface area (Å²) >= 11 is 6.21. The lowest BCUT2D eigenvalue weighted by Crippen LogP contribution is -2.37. The van der Waals surface area contributed by atoms with Gasteiger partial charge in [0.15, 0.2) is 0 Å². The summed E-state index contributed by atoms with van der Waals surface area (Å²) in [5.41, 5.74) is 7.74. The highest BCUT2D eigenvalue weighted by atomic mass is 35.5. The zero-order valence-electron chi connectivity index (χ0n) is 9.69. The maximum absolute atomic E-state index is 11.3. The summed E-state index contributed by atoms with van der Waals surface area (Å²) in [5, 5.41) is 0.777. The van der Waals surface area contributed by atoms with E-state index in [-0.39, 0.29) is 0 Å². The molecule has 1 aromatic rings. The summed E-state index contributed by atoms with van der Waals surface area (Å²) < 4.78 is 11.3. The van der Waals surface area contributed by atoms with Crippen molar-refractivity contribution >= 4 is 22.4 Å². The maximum atomic E-state index is 11.3. The van der Waals surface area contributed by atoms with Crippen molar-refractivity contribution in [2.75, 3.05) is 24.6 Å². The standard InChI is InChI=1S/C12H17ClN2OS/c13-12-7-10(8-14)1-2-11(12)9-15-3-5-17(16)6-4-15/h1-2,7H,3-6,8-9,14H2. The molecule has 1 aliphatic rings. The van der Waals surface area contributed by atoms with Gasteiger partial charge in [0.05, 0.1) is 0 Å². The van der Waals surface area contributed by atoms with Crippen LogP contribution in [0.25, 0.3) is 0 Å². The van der Waals surface area contributed by atoms with Gasteiger partial charge < -0.3 is 5.73 Å². The molecule has 17 heavy (non-hydrogen) atoms. The second-order valence-corrected chi connectivity index (χ2v) is 6.36. The predicted molar refractivity (Wildman–Crippen MR) is 72.5 cm³/mol. The number of nitrogens with zero attached hydrogens (tertiary/aromatic N) is 1. The Bertz CT molecular complexity index is 415. The molecule has 1 heterocycles. The van der Waals surface area contributed by atoms with Crippen LogP contribution < -0.4 is 5.73 Å². The van der Waals surface area contributed by atoms with E-state index in [9.17, 15) is 4.21 Å². The molecule has 0 aliphatic carbocycles. The van der Waals surface area contributed by atoms with Crippen molar-refractivity contribution in [2.45, 2.75) is 13.1 Å². The highest BCUT2D eigenvalue weighted by Gasteiger charge is 2.16. The largest absolute Gasteiger partial charge is 0.326 e. The molecule has 5 heteroatoms. The normalized spacial score (nSPS) is 18.5. The van der Waals surface area contributed by atoms with Gasteiger partial charge in [0, 0.05) is 53.5 Å². The van der Waals surface area contributed by atoms with Crippen LogP contribution in [0.4, 0.5) is 0 Å². The van der Waals surface area contributed by atoms with Crippen molar-refractivity contribution < 1.29 is 4.21 Å². The lowest BCUT2D eigenvalue weighted by atomic mass is 10.1. The molecule has 94 valence electrons. The van der Waals surface area contributed by atoms with Crippen molar-refractivity contribution in [3.63, 3.8) is 0 Å². The van der Waals surface area contributed by atoms with Crippen LogP contribution in [-0.2, 0) is 23.9 Å². The second-order valence-electron chi connectivity index (χ2n) is 4.25. The molecule has 2 N–H and O–H groups in total. The Morgan fingerprint density at radius 1 is 1.35 bits per heavy atom. The van der Waals surface area contributed by atoms with Crippen molar-refractivity contribution in [3.8, 4) is 0 Å². The average Bonchev–Trinajstić information content (AvgIpc) is 2.34. The van der Waals surface area contributed by atoms with E-state index in [0.717, 1.165) is 47.3 Å². The Labute approximate surface area is 109 Å². The van der Waals surface area contributed by atoms with E-state index in [0.29, 0.717) is 6.54 Å². The van der Waals surface area contributed by atoms with E-state index in [1.807, 2.05) is 18.2 Å². The van der Waals surface area contributed by atoms with E-state index in [2.05, 4.69) is 4.90 Å². The summed E-state index contributed by atoms with van der Waals surface area (Å²) in [6.07, 6.45) is 0. The van der Waals surface area contributed by atoms with Crippen LogP contribution in [-0.4, -0.2) is 33.7 Å². The fraction of sp³-hybridized carbons (Fsp3) is 0.500. The highest BCUT2D eigenvalue weighted by Crippen LogP contribution is 2.20. The lowest BCUT2D eigenvalue weighted by Gasteiger charge is -2.26. The van der Waals surface area contributed by atoms with Crippen molar-refractivity contribution in [3.05, 3.63) is 34.3 Å². The fourth-order valence-corrected chi connectivity index (χ4v) is 3.31. The van der Waals surface area contributed by atoms with E-state index in [4.69, 9.17) is 17.3 Å². The zero-order chi connectivity index (χ0) is 12.3. The highest BCUT2D eigenvalue weighted by molar-refractivity contribution is 7.85. The van der Waals surface area contributed by atoms with Crippen LogP contribution in [0.2, 0.25) is 5.02 Å². The maximum Gasteiger partial charge on any atom is 0.0454 e. The van der Waals surface area contributed by atoms with Crippen LogP contribution in [0.3, 0.4) is 0 Å². The molecule has 1 aliphatic heterocycles. The Morgan fingerprint density at radius 2 is 2.06 bits per heavy atom. The number of nitrogens with two attached hydrogens (primary N) is 1. The Balaban J connectivity index is 2.01. The number of benzene rings is 1. The van der Waals surface area contributed by atoms with Crippen LogP contribution in [0.15, 0.2) is 18.2 Å². The number of hydrogen-bond donors (Lipinski definition) is 1. The molecular weight excluding hydrogens is 256 g/mol. The van der Waals surface area contributed by atoms with Crippen LogP contribution in [0, 0.1) is 0 Å². The zero-order valence-corrected chi connectivity index (χ0v) is 11.3. The Kier molecular flexibility index (Phi) is 4.56. The minimum absolute atomic E-state index is 0.517.